The lowest BCUT2D eigenvalue weighted by atomic mass is 10.1. The van der Waals surface area contributed by atoms with Gasteiger partial charge in [-0.2, -0.15) is 10.4 Å². The topological polar surface area (TPSA) is 76.0 Å². The molecule has 0 bridgehead atoms. The molecule has 0 radical (unpaired) electrons. The lowest BCUT2D eigenvalue weighted by Gasteiger charge is -2.38. The standard InChI is InChI=1S/C15H19N5O/c16-8-12-9-19(5-6-20(12)11-3-4-11)15(21)14-7-13(17-18-14)10-1-2-10/h7,10-12H,1-6,9H2,(H,17,18). The number of carbonyl (C=O) groups excluding carboxylic acids is 1. The van der Waals surface area contributed by atoms with E-state index in [1.54, 1.807) is 4.90 Å². The van der Waals surface area contributed by atoms with Gasteiger partial charge in [0.2, 0.25) is 0 Å². The monoisotopic (exact) mass is 285 g/mol. The Labute approximate surface area is 123 Å². The van der Waals surface area contributed by atoms with Gasteiger partial charge in [0.15, 0.2) is 0 Å². The van der Waals surface area contributed by atoms with Crippen LogP contribution in [0.25, 0.3) is 0 Å². The van der Waals surface area contributed by atoms with Crippen LogP contribution in [0.2, 0.25) is 0 Å². The van der Waals surface area contributed by atoms with Crippen LogP contribution < -0.4 is 0 Å². The molecule has 1 saturated heterocycles. The fraction of sp³-hybridized carbons (Fsp3) is 0.667. The number of hydrogen-bond donors (Lipinski definition) is 1. The van der Waals surface area contributed by atoms with Crippen molar-refractivity contribution in [1.82, 2.24) is 20.0 Å². The molecule has 4 rings (SSSR count). The van der Waals surface area contributed by atoms with Gasteiger partial charge in [0.05, 0.1) is 12.6 Å². The lowest BCUT2D eigenvalue weighted by molar-refractivity contribution is 0.0545. The zero-order valence-electron chi connectivity index (χ0n) is 12.0. The van der Waals surface area contributed by atoms with Crippen molar-refractivity contribution in [3.63, 3.8) is 0 Å². The lowest BCUT2D eigenvalue weighted by Crippen LogP contribution is -2.54. The molecule has 2 aliphatic carbocycles. The number of nitrogens with one attached hydrogen (secondary N) is 1. The SMILES string of the molecule is N#CC1CN(C(=O)c2cc(C3CC3)[nH]n2)CCN1C1CC1. The van der Waals surface area contributed by atoms with Crippen LogP contribution in [0.5, 0.6) is 0 Å². The van der Waals surface area contributed by atoms with Gasteiger partial charge in [0, 0.05) is 30.7 Å². The van der Waals surface area contributed by atoms with Crippen molar-refractivity contribution in [2.75, 3.05) is 19.6 Å². The van der Waals surface area contributed by atoms with Crippen LogP contribution in [0, 0.1) is 11.3 Å². The van der Waals surface area contributed by atoms with Crippen LogP contribution in [-0.2, 0) is 0 Å². The van der Waals surface area contributed by atoms with E-state index in [1.807, 2.05) is 6.07 Å². The molecule has 3 fully saturated rings. The second kappa shape index (κ2) is 4.85. The van der Waals surface area contributed by atoms with Gasteiger partial charge in [-0.25, -0.2) is 0 Å². The largest absolute Gasteiger partial charge is 0.333 e. The second-order valence-corrected chi connectivity index (χ2v) is 6.35. The molecule has 0 aromatic carbocycles. The Morgan fingerprint density at radius 2 is 2.14 bits per heavy atom. The number of hydrogen-bond acceptors (Lipinski definition) is 4. The van der Waals surface area contributed by atoms with Crippen LogP contribution >= 0.6 is 0 Å². The highest BCUT2D eigenvalue weighted by molar-refractivity contribution is 5.92. The molecule has 1 atom stereocenters. The normalized spacial score (nSPS) is 26.6. The minimum Gasteiger partial charge on any atom is -0.333 e. The van der Waals surface area contributed by atoms with E-state index in [2.05, 4.69) is 21.2 Å². The zero-order valence-corrected chi connectivity index (χ0v) is 12.0. The molecule has 1 aromatic heterocycles. The summed E-state index contributed by atoms with van der Waals surface area (Å²) in [5.74, 6) is 0.520. The number of carbonyl (C=O) groups is 1. The molecule has 1 aliphatic heterocycles. The van der Waals surface area contributed by atoms with E-state index in [0.29, 0.717) is 30.7 Å². The summed E-state index contributed by atoms with van der Waals surface area (Å²) in [7, 11) is 0. The Bertz CT molecular complexity index is 595. The van der Waals surface area contributed by atoms with Crippen molar-refractivity contribution in [3.8, 4) is 6.07 Å². The van der Waals surface area contributed by atoms with Gasteiger partial charge in [-0.05, 0) is 31.7 Å². The second-order valence-electron chi connectivity index (χ2n) is 6.35. The number of nitriles is 1. The predicted octanol–water partition coefficient (Wildman–Crippen LogP) is 1.10. The number of aromatic nitrogens is 2. The highest BCUT2D eigenvalue weighted by Crippen LogP contribution is 2.39. The Morgan fingerprint density at radius 1 is 1.33 bits per heavy atom. The third-order valence-electron chi connectivity index (χ3n) is 4.71. The van der Waals surface area contributed by atoms with Gasteiger partial charge in [0.1, 0.15) is 11.7 Å². The van der Waals surface area contributed by atoms with Crippen molar-refractivity contribution in [1.29, 1.82) is 5.26 Å². The number of amides is 1. The Kier molecular flexibility index (Phi) is 2.96. The molecule has 1 N–H and O–H groups in total. The van der Waals surface area contributed by atoms with Gasteiger partial charge >= 0.3 is 0 Å². The van der Waals surface area contributed by atoms with Crippen LogP contribution in [0.1, 0.15) is 47.8 Å². The van der Waals surface area contributed by atoms with E-state index in [-0.39, 0.29) is 11.9 Å². The fourth-order valence-electron chi connectivity index (χ4n) is 3.15. The smallest absolute Gasteiger partial charge is 0.274 e. The predicted molar refractivity (Wildman–Crippen MR) is 75.6 cm³/mol. The summed E-state index contributed by atoms with van der Waals surface area (Å²) < 4.78 is 0. The molecule has 6 nitrogen and oxygen atoms in total. The summed E-state index contributed by atoms with van der Waals surface area (Å²) in [5, 5.41) is 16.5. The van der Waals surface area contributed by atoms with Gasteiger partial charge < -0.3 is 4.90 Å². The van der Waals surface area contributed by atoms with E-state index in [0.717, 1.165) is 12.2 Å². The molecule has 21 heavy (non-hydrogen) atoms. The van der Waals surface area contributed by atoms with E-state index in [9.17, 15) is 10.1 Å². The minimum atomic E-state index is -0.169. The van der Waals surface area contributed by atoms with E-state index in [4.69, 9.17) is 0 Å². The van der Waals surface area contributed by atoms with Gasteiger partial charge in [-0.15, -0.1) is 0 Å². The summed E-state index contributed by atoms with van der Waals surface area (Å²) in [5.41, 5.74) is 1.57. The molecule has 2 heterocycles. The molecule has 1 amide bonds. The molecule has 6 heteroatoms. The maximum absolute atomic E-state index is 12.5. The van der Waals surface area contributed by atoms with E-state index >= 15 is 0 Å². The van der Waals surface area contributed by atoms with Crippen molar-refractivity contribution in [2.45, 2.75) is 43.7 Å². The molecule has 3 aliphatic rings. The number of rotatable bonds is 3. The quantitative estimate of drug-likeness (QED) is 0.902. The maximum Gasteiger partial charge on any atom is 0.274 e. The van der Waals surface area contributed by atoms with E-state index in [1.165, 1.54) is 25.7 Å². The van der Waals surface area contributed by atoms with E-state index < -0.39 is 0 Å². The van der Waals surface area contributed by atoms with Crippen molar-refractivity contribution in [3.05, 3.63) is 17.5 Å². The first-order valence-electron chi connectivity index (χ1n) is 7.76. The third-order valence-corrected chi connectivity index (χ3v) is 4.71. The fourth-order valence-corrected chi connectivity index (χ4v) is 3.15. The average Bonchev–Trinajstić information content (AvgIpc) is 3.44. The maximum atomic E-state index is 12.5. The average molecular weight is 285 g/mol. The summed E-state index contributed by atoms with van der Waals surface area (Å²) in [4.78, 5) is 16.6. The molecule has 1 aromatic rings. The van der Waals surface area contributed by atoms with Crippen molar-refractivity contribution < 1.29 is 4.79 Å². The van der Waals surface area contributed by atoms with Crippen LogP contribution in [0.3, 0.4) is 0 Å². The number of piperazine rings is 1. The molecule has 2 saturated carbocycles. The van der Waals surface area contributed by atoms with Crippen molar-refractivity contribution >= 4 is 5.91 Å². The highest BCUT2D eigenvalue weighted by atomic mass is 16.2. The zero-order chi connectivity index (χ0) is 14.4. The molecule has 1 unspecified atom stereocenters. The summed E-state index contributed by atoms with van der Waals surface area (Å²) in [6.07, 6.45) is 4.76. The van der Waals surface area contributed by atoms with Gasteiger partial charge in [0.25, 0.3) is 5.91 Å². The number of nitrogens with zero attached hydrogens (tertiary/aromatic N) is 4. The number of aromatic amines is 1. The minimum absolute atomic E-state index is 0.0474. The van der Waals surface area contributed by atoms with Crippen molar-refractivity contribution in [2.24, 2.45) is 0 Å². The first-order chi connectivity index (χ1) is 10.3. The Balaban J connectivity index is 1.45. The third kappa shape index (κ3) is 2.42. The summed E-state index contributed by atoms with van der Waals surface area (Å²) in [6, 6.07) is 4.63. The molecular formula is C15H19N5O. The van der Waals surface area contributed by atoms with Crippen LogP contribution in [0.15, 0.2) is 6.07 Å². The number of H-pyrrole nitrogens is 1. The van der Waals surface area contributed by atoms with Crippen LogP contribution in [0.4, 0.5) is 0 Å². The summed E-state index contributed by atoms with van der Waals surface area (Å²) in [6.45, 7) is 1.99. The van der Waals surface area contributed by atoms with Crippen LogP contribution in [-0.4, -0.2) is 57.6 Å². The first kappa shape index (κ1) is 12.8. The molecule has 110 valence electrons. The van der Waals surface area contributed by atoms with Gasteiger partial charge in [-0.3, -0.25) is 14.8 Å². The Morgan fingerprint density at radius 3 is 2.81 bits per heavy atom. The first-order valence-corrected chi connectivity index (χ1v) is 7.76. The Hall–Kier alpha value is -1.87. The summed E-state index contributed by atoms with van der Waals surface area (Å²) >= 11 is 0. The van der Waals surface area contributed by atoms with Gasteiger partial charge in [-0.1, -0.05) is 0 Å². The highest BCUT2D eigenvalue weighted by Gasteiger charge is 2.39. The molecule has 0 spiro atoms. The molecular weight excluding hydrogens is 266 g/mol.